The Kier molecular flexibility index (Phi) is 6.46. The molecule has 0 aliphatic carbocycles. The molecule has 1 aliphatic rings. The molecule has 0 bridgehead atoms. The van der Waals surface area contributed by atoms with Crippen LogP contribution in [0.1, 0.15) is 24.1 Å². The van der Waals surface area contributed by atoms with Gasteiger partial charge < -0.3 is 5.32 Å². The van der Waals surface area contributed by atoms with Gasteiger partial charge >= 0.3 is 0 Å². The van der Waals surface area contributed by atoms with Crippen molar-refractivity contribution in [3.8, 4) is 0 Å². The number of rotatable bonds is 6. The molecule has 2 aromatic rings. The molecule has 0 radical (unpaired) electrons. The Morgan fingerprint density at radius 3 is 2.63 bits per heavy atom. The number of carbonyl (C=O) groups is 1. The predicted molar refractivity (Wildman–Crippen MR) is 104 cm³/mol. The summed E-state index contributed by atoms with van der Waals surface area (Å²) in [5, 5.41) is 3.40. The number of amides is 1. The minimum atomic E-state index is -3.42. The lowest BCUT2D eigenvalue weighted by atomic mass is 9.97. The number of pyridine rings is 1. The van der Waals surface area contributed by atoms with E-state index in [1.54, 1.807) is 30.5 Å². The van der Waals surface area contributed by atoms with Gasteiger partial charge in [0, 0.05) is 30.2 Å². The van der Waals surface area contributed by atoms with Crippen molar-refractivity contribution in [1.29, 1.82) is 0 Å². The number of sulfonamides is 1. The van der Waals surface area contributed by atoms with Gasteiger partial charge in [0.25, 0.3) is 0 Å². The molecule has 1 N–H and O–H groups in total. The van der Waals surface area contributed by atoms with Gasteiger partial charge in [0.15, 0.2) is 0 Å². The van der Waals surface area contributed by atoms with Crippen molar-refractivity contribution < 1.29 is 13.2 Å². The summed E-state index contributed by atoms with van der Waals surface area (Å²) < 4.78 is 26.7. The van der Waals surface area contributed by atoms with Crippen LogP contribution in [0.5, 0.6) is 0 Å². The van der Waals surface area contributed by atoms with E-state index in [1.165, 1.54) is 4.31 Å². The zero-order chi connectivity index (χ0) is 19.3. The molecule has 1 aliphatic heterocycles. The molecule has 2 heterocycles. The zero-order valence-electron chi connectivity index (χ0n) is 14.8. The first-order valence-electron chi connectivity index (χ1n) is 8.84. The Balaban J connectivity index is 1.51. The minimum Gasteiger partial charge on any atom is -0.350 e. The first-order chi connectivity index (χ1) is 12.9. The lowest BCUT2D eigenvalue weighted by molar-refractivity contribution is -0.126. The van der Waals surface area contributed by atoms with E-state index in [9.17, 15) is 13.2 Å². The fourth-order valence-corrected chi connectivity index (χ4v) is 4.91. The molecule has 0 spiro atoms. The molecule has 3 rings (SSSR count). The third kappa shape index (κ3) is 5.51. The van der Waals surface area contributed by atoms with Gasteiger partial charge in [0.1, 0.15) is 0 Å². The van der Waals surface area contributed by atoms with Gasteiger partial charge in [0.2, 0.25) is 15.9 Å². The largest absolute Gasteiger partial charge is 0.350 e. The standard InChI is InChI=1S/C19H22ClN3O3S/c20-17-5-3-4-15(12-17)14-27(25,26)23-10-7-16(8-11-23)19(24)22-13-18-6-1-2-9-21-18/h1-6,9,12,16H,7-8,10-11,13-14H2,(H,22,24). The third-order valence-electron chi connectivity index (χ3n) is 4.63. The average Bonchev–Trinajstić information content (AvgIpc) is 2.67. The Hall–Kier alpha value is -1.96. The Morgan fingerprint density at radius 1 is 1.19 bits per heavy atom. The molecule has 1 fully saturated rings. The van der Waals surface area contributed by atoms with E-state index in [0.29, 0.717) is 43.1 Å². The maximum Gasteiger partial charge on any atom is 0.223 e. The molecule has 144 valence electrons. The van der Waals surface area contributed by atoms with Crippen molar-refractivity contribution in [2.24, 2.45) is 5.92 Å². The quantitative estimate of drug-likeness (QED) is 0.798. The van der Waals surface area contributed by atoms with Gasteiger partial charge in [-0.1, -0.05) is 29.8 Å². The summed E-state index contributed by atoms with van der Waals surface area (Å²) in [6, 6.07) is 12.4. The summed E-state index contributed by atoms with van der Waals surface area (Å²) in [4.78, 5) is 16.5. The van der Waals surface area contributed by atoms with Gasteiger partial charge in [-0.15, -0.1) is 0 Å². The van der Waals surface area contributed by atoms with E-state index in [1.807, 2.05) is 18.2 Å². The fraction of sp³-hybridized carbons (Fsp3) is 0.368. The highest BCUT2D eigenvalue weighted by atomic mass is 35.5. The Morgan fingerprint density at radius 2 is 1.96 bits per heavy atom. The molecule has 27 heavy (non-hydrogen) atoms. The molecule has 8 heteroatoms. The minimum absolute atomic E-state index is 0.0486. The Bertz CT molecular complexity index is 882. The van der Waals surface area contributed by atoms with E-state index in [-0.39, 0.29) is 17.6 Å². The van der Waals surface area contributed by atoms with Crippen LogP contribution in [0.2, 0.25) is 5.02 Å². The third-order valence-corrected chi connectivity index (χ3v) is 6.71. The van der Waals surface area contributed by atoms with Crippen LogP contribution in [0.25, 0.3) is 0 Å². The van der Waals surface area contributed by atoms with E-state index in [4.69, 9.17) is 11.6 Å². The van der Waals surface area contributed by atoms with E-state index >= 15 is 0 Å². The summed E-state index contributed by atoms with van der Waals surface area (Å²) >= 11 is 5.93. The number of hydrogen-bond donors (Lipinski definition) is 1. The van der Waals surface area contributed by atoms with Crippen molar-refractivity contribution in [2.75, 3.05) is 13.1 Å². The summed E-state index contributed by atoms with van der Waals surface area (Å²) in [6.45, 7) is 1.09. The maximum atomic E-state index is 12.6. The molecule has 1 saturated heterocycles. The number of aromatic nitrogens is 1. The van der Waals surface area contributed by atoms with Crippen LogP contribution in [0.4, 0.5) is 0 Å². The van der Waals surface area contributed by atoms with E-state index in [0.717, 1.165) is 5.69 Å². The monoisotopic (exact) mass is 407 g/mol. The summed E-state index contributed by atoms with van der Waals surface area (Å²) in [5.41, 5.74) is 1.46. The molecule has 0 saturated carbocycles. The highest BCUT2D eigenvalue weighted by molar-refractivity contribution is 7.88. The summed E-state index contributed by atoms with van der Waals surface area (Å²) in [7, 11) is -3.42. The highest BCUT2D eigenvalue weighted by Crippen LogP contribution is 2.22. The molecule has 6 nitrogen and oxygen atoms in total. The number of carbonyl (C=O) groups excluding carboxylic acids is 1. The molecule has 1 aromatic carbocycles. The molecular weight excluding hydrogens is 386 g/mol. The van der Waals surface area contributed by atoms with Crippen LogP contribution in [-0.4, -0.2) is 36.7 Å². The number of benzene rings is 1. The first-order valence-corrected chi connectivity index (χ1v) is 10.8. The molecule has 1 amide bonds. The maximum absolute atomic E-state index is 12.6. The van der Waals surface area contributed by atoms with Crippen LogP contribution >= 0.6 is 11.6 Å². The second-order valence-electron chi connectivity index (χ2n) is 6.60. The molecular formula is C19H22ClN3O3S. The van der Waals surface area contributed by atoms with Gasteiger partial charge in [-0.3, -0.25) is 9.78 Å². The smallest absolute Gasteiger partial charge is 0.223 e. The number of hydrogen-bond acceptors (Lipinski definition) is 4. The van der Waals surface area contributed by atoms with Crippen molar-refractivity contribution >= 4 is 27.5 Å². The fourth-order valence-electron chi connectivity index (χ4n) is 3.15. The normalized spacial score (nSPS) is 16.2. The summed E-state index contributed by atoms with van der Waals surface area (Å²) in [6.07, 6.45) is 2.72. The molecule has 0 atom stereocenters. The van der Waals surface area contributed by atoms with Crippen molar-refractivity contribution in [1.82, 2.24) is 14.6 Å². The number of nitrogens with zero attached hydrogens (tertiary/aromatic N) is 2. The predicted octanol–water partition coefficient (Wildman–Crippen LogP) is 2.59. The second kappa shape index (κ2) is 8.82. The zero-order valence-corrected chi connectivity index (χ0v) is 16.4. The summed E-state index contributed by atoms with van der Waals surface area (Å²) in [5.74, 6) is -0.303. The highest BCUT2D eigenvalue weighted by Gasteiger charge is 2.31. The van der Waals surface area contributed by atoms with Gasteiger partial charge in [0.05, 0.1) is 18.0 Å². The van der Waals surface area contributed by atoms with Gasteiger partial charge in [-0.2, -0.15) is 0 Å². The SMILES string of the molecule is O=C(NCc1ccccn1)C1CCN(S(=O)(=O)Cc2cccc(Cl)c2)CC1. The van der Waals surface area contributed by atoms with Gasteiger partial charge in [-0.25, -0.2) is 12.7 Å². The molecule has 0 unspecified atom stereocenters. The number of nitrogens with one attached hydrogen (secondary N) is 1. The van der Waals surface area contributed by atoms with Crippen LogP contribution < -0.4 is 5.32 Å². The van der Waals surface area contributed by atoms with E-state index < -0.39 is 10.0 Å². The van der Waals surface area contributed by atoms with Crippen LogP contribution in [0, 0.1) is 5.92 Å². The van der Waals surface area contributed by atoms with Crippen LogP contribution in [0.15, 0.2) is 48.7 Å². The first kappa shape index (κ1) is 19.8. The van der Waals surface area contributed by atoms with Crippen LogP contribution in [-0.2, 0) is 27.1 Å². The lowest BCUT2D eigenvalue weighted by Gasteiger charge is -2.30. The van der Waals surface area contributed by atoms with Crippen molar-refractivity contribution in [3.05, 3.63) is 64.9 Å². The Labute approximate surface area is 164 Å². The van der Waals surface area contributed by atoms with Crippen molar-refractivity contribution in [2.45, 2.75) is 25.1 Å². The second-order valence-corrected chi connectivity index (χ2v) is 9.00. The topological polar surface area (TPSA) is 79.4 Å². The average molecular weight is 408 g/mol. The number of halogens is 1. The number of piperidine rings is 1. The lowest BCUT2D eigenvalue weighted by Crippen LogP contribution is -2.43. The van der Waals surface area contributed by atoms with Crippen LogP contribution in [0.3, 0.4) is 0 Å². The van der Waals surface area contributed by atoms with Gasteiger partial charge in [-0.05, 0) is 42.7 Å². The molecule has 1 aromatic heterocycles. The van der Waals surface area contributed by atoms with Crippen molar-refractivity contribution in [3.63, 3.8) is 0 Å². The van der Waals surface area contributed by atoms with E-state index in [2.05, 4.69) is 10.3 Å².